The van der Waals surface area contributed by atoms with Gasteiger partial charge in [0, 0.05) is 25.6 Å². The number of aliphatic hydroxyl groups is 1. The second-order valence-corrected chi connectivity index (χ2v) is 8.58. The maximum atomic E-state index is 11.5. The van der Waals surface area contributed by atoms with E-state index in [1.54, 1.807) is 0 Å². The maximum absolute atomic E-state index is 11.5. The van der Waals surface area contributed by atoms with E-state index in [4.69, 9.17) is 0 Å². The molecule has 0 aliphatic heterocycles. The van der Waals surface area contributed by atoms with Crippen molar-refractivity contribution in [2.24, 2.45) is 0 Å². The normalized spacial score (nSPS) is 13.4. The van der Waals surface area contributed by atoms with Crippen LogP contribution in [0.4, 0.5) is 0 Å². The van der Waals surface area contributed by atoms with E-state index in [-0.39, 0.29) is 37.4 Å². The Morgan fingerprint density at radius 3 is 1.57 bits per heavy atom. The number of hydrogen-bond donors (Lipinski definition) is 2. The minimum Gasteiger partial charge on any atom is -1.00 e. The second-order valence-electron chi connectivity index (χ2n) is 7.01. The van der Waals surface area contributed by atoms with Gasteiger partial charge in [0.25, 0.3) is 10.1 Å². The van der Waals surface area contributed by atoms with Crippen LogP contribution in [0.2, 0.25) is 0 Å². The maximum Gasteiger partial charge on any atom is 1.00 e. The van der Waals surface area contributed by atoms with E-state index in [1.165, 1.54) is 0 Å². The summed E-state index contributed by atoms with van der Waals surface area (Å²) in [5.41, 5.74) is 1.17. The van der Waals surface area contributed by atoms with E-state index >= 15 is 0 Å². The Morgan fingerprint density at radius 1 is 0.767 bits per heavy atom. The summed E-state index contributed by atoms with van der Waals surface area (Å²) >= 11 is 0. The molecule has 30 heavy (non-hydrogen) atoms. The third kappa shape index (κ3) is 7.32. The van der Waals surface area contributed by atoms with Crippen molar-refractivity contribution in [2.45, 2.75) is 31.0 Å². The van der Waals surface area contributed by atoms with Crippen LogP contribution in [-0.2, 0) is 23.2 Å². The Hall–Kier alpha value is -1.51. The van der Waals surface area contributed by atoms with Gasteiger partial charge >= 0.3 is 29.6 Å². The predicted molar refractivity (Wildman–Crippen MR) is 115 cm³/mol. The number of aliphatic hydroxyl groups excluding tert-OH is 1. The molecule has 3 rings (SSSR count). The van der Waals surface area contributed by atoms with E-state index in [2.05, 4.69) is 4.90 Å². The first kappa shape index (κ1) is 24.8. The van der Waals surface area contributed by atoms with Crippen LogP contribution in [0.15, 0.2) is 91.0 Å². The molecule has 0 aliphatic rings. The Morgan fingerprint density at radius 2 is 1.17 bits per heavy atom. The molecule has 0 saturated heterocycles. The van der Waals surface area contributed by atoms with Crippen molar-refractivity contribution in [2.75, 3.05) is 0 Å². The topological polar surface area (TPSA) is 77.8 Å². The average molecular weight is 436 g/mol. The minimum atomic E-state index is -4.56. The summed E-state index contributed by atoms with van der Waals surface area (Å²) in [7, 11) is -4.56. The molecule has 3 aromatic rings. The van der Waals surface area contributed by atoms with E-state index in [1.807, 2.05) is 91.0 Å². The summed E-state index contributed by atoms with van der Waals surface area (Å²) in [6, 6.07) is 28.8. The van der Waals surface area contributed by atoms with Crippen LogP contribution in [0.5, 0.6) is 0 Å². The second kappa shape index (κ2) is 11.8. The molecule has 0 spiro atoms. The zero-order chi connectivity index (χ0) is 20.7. The molecule has 0 bridgehead atoms. The summed E-state index contributed by atoms with van der Waals surface area (Å²) in [6.45, 7) is 1.13. The van der Waals surface area contributed by atoms with Crippen LogP contribution in [0.1, 0.15) is 30.6 Å². The van der Waals surface area contributed by atoms with Gasteiger partial charge < -0.3 is 6.53 Å². The minimum absolute atomic E-state index is 0. The monoisotopic (exact) mass is 435 g/mol. The molecule has 0 fully saturated rings. The molecule has 0 aromatic heterocycles. The molecule has 3 aromatic carbocycles. The summed E-state index contributed by atoms with van der Waals surface area (Å²) in [5.74, 6) is 0. The van der Waals surface area contributed by atoms with Crippen molar-refractivity contribution < 1.29 is 49.1 Å². The molecule has 0 radical (unpaired) electrons. The first-order valence-corrected chi connectivity index (χ1v) is 10.9. The van der Waals surface area contributed by atoms with Crippen LogP contribution in [0.3, 0.4) is 0 Å². The first-order valence-electron chi connectivity index (χ1n) is 9.44. The van der Waals surface area contributed by atoms with Gasteiger partial charge in [-0.15, -0.1) is 0 Å². The van der Waals surface area contributed by atoms with Gasteiger partial charge in [-0.2, -0.15) is 8.42 Å². The molecule has 2 atom stereocenters. The summed E-state index contributed by atoms with van der Waals surface area (Å²) in [6.07, 6.45) is -0.136. The first-order chi connectivity index (χ1) is 13.9. The van der Waals surface area contributed by atoms with Gasteiger partial charge in [-0.25, -0.2) is 0 Å². The smallest absolute Gasteiger partial charge is 1.00 e. The number of benzene rings is 3. The van der Waals surface area contributed by atoms with Gasteiger partial charge in [0.15, 0.2) is 5.44 Å². The van der Waals surface area contributed by atoms with Crippen LogP contribution in [0, 0.1) is 0 Å². The van der Waals surface area contributed by atoms with Crippen molar-refractivity contribution in [3.8, 4) is 0 Å². The molecular formula is C23H26NNaO4S. The molecule has 154 valence electrons. The average Bonchev–Trinajstić information content (AvgIpc) is 2.73. The van der Waals surface area contributed by atoms with Gasteiger partial charge in [0.05, 0.1) is 0 Å². The number of rotatable bonds is 9. The van der Waals surface area contributed by atoms with Crippen LogP contribution in [0.25, 0.3) is 0 Å². The van der Waals surface area contributed by atoms with Crippen molar-refractivity contribution in [1.29, 1.82) is 0 Å². The standard InChI is InChI=1S/C23H25NO4S.Na.H/c25-23(29(26,27)28)16-22(21-14-8-3-9-15-21)24(17-19-10-4-1-5-11-19)18-20-12-6-2-7-13-20;;/h1-15,22-23,25H,16-18H2,(H,26,27,28);;/q;+1;-1. The Balaban J connectivity index is 0.00000240. The van der Waals surface area contributed by atoms with Gasteiger partial charge in [-0.05, 0) is 16.7 Å². The number of nitrogens with zero attached hydrogens (tertiary/aromatic N) is 1. The largest absolute Gasteiger partial charge is 1.00 e. The van der Waals surface area contributed by atoms with Crippen LogP contribution >= 0.6 is 0 Å². The Bertz CT molecular complexity index is 950. The molecule has 5 nitrogen and oxygen atoms in total. The number of hydrogen-bond acceptors (Lipinski definition) is 4. The molecule has 2 N–H and O–H groups in total. The summed E-state index contributed by atoms with van der Waals surface area (Å²) < 4.78 is 32.4. The molecule has 0 aliphatic carbocycles. The van der Waals surface area contributed by atoms with Crippen molar-refractivity contribution >= 4 is 10.1 Å². The van der Waals surface area contributed by atoms with Crippen molar-refractivity contribution in [3.63, 3.8) is 0 Å². The summed E-state index contributed by atoms with van der Waals surface area (Å²) in [4.78, 5) is 2.12. The van der Waals surface area contributed by atoms with Gasteiger partial charge in [-0.3, -0.25) is 9.45 Å². The Labute approximate surface area is 201 Å². The van der Waals surface area contributed by atoms with E-state index in [0.717, 1.165) is 16.7 Å². The fourth-order valence-electron chi connectivity index (χ4n) is 3.40. The quantitative estimate of drug-likeness (QED) is 0.389. The van der Waals surface area contributed by atoms with Gasteiger partial charge in [0.2, 0.25) is 0 Å². The van der Waals surface area contributed by atoms with Gasteiger partial charge in [0.1, 0.15) is 0 Å². The third-order valence-electron chi connectivity index (χ3n) is 4.85. The predicted octanol–water partition coefficient (Wildman–Crippen LogP) is 1.14. The molecule has 0 saturated carbocycles. The molecular weight excluding hydrogens is 409 g/mol. The zero-order valence-corrected chi connectivity index (χ0v) is 19.8. The third-order valence-corrected chi connectivity index (χ3v) is 5.73. The van der Waals surface area contributed by atoms with Crippen LogP contribution in [-0.4, -0.2) is 28.4 Å². The van der Waals surface area contributed by atoms with E-state index in [0.29, 0.717) is 13.1 Å². The molecule has 7 heteroatoms. The summed E-state index contributed by atoms with van der Waals surface area (Å²) in [5, 5.41) is 10.1. The molecule has 2 unspecified atom stereocenters. The fourth-order valence-corrected chi connectivity index (χ4v) is 3.82. The SMILES string of the molecule is O=S(=O)(O)C(O)CC(c1ccccc1)N(Cc1ccccc1)Cc1ccccc1.[H-].[Na+]. The molecule has 0 amide bonds. The van der Waals surface area contributed by atoms with Gasteiger partial charge in [-0.1, -0.05) is 91.0 Å². The fraction of sp³-hybridized carbons (Fsp3) is 0.217. The van der Waals surface area contributed by atoms with E-state index < -0.39 is 21.6 Å². The van der Waals surface area contributed by atoms with E-state index in [9.17, 15) is 18.1 Å². The van der Waals surface area contributed by atoms with Crippen molar-refractivity contribution in [1.82, 2.24) is 4.90 Å². The molecule has 0 heterocycles. The Kier molecular flexibility index (Phi) is 9.71. The van der Waals surface area contributed by atoms with Crippen molar-refractivity contribution in [3.05, 3.63) is 108 Å². The zero-order valence-electron chi connectivity index (χ0n) is 18.0. The van der Waals surface area contributed by atoms with Crippen LogP contribution < -0.4 is 29.6 Å².